The summed E-state index contributed by atoms with van der Waals surface area (Å²) in [7, 11) is -1.24. The number of para-hydroxylation sites is 1. The molecule has 0 spiro atoms. The Hall–Kier alpha value is -1.94. The standard InChI is InChI=1S/C17H17NO2S/c1-17(2,3)21(19)18-11-12-8-9-16-14(10-12)13-6-4-5-7-15(13)20-16/h4-11H,1-3H3. The van der Waals surface area contributed by atoms with Gasteiger partial charge in [0.1, 0.15) is 22.2 Å². The average molecular weight is 299 g/mol. The van der Waals surface area contributed by atoms with Crippen LogP contribution in [0.25, 0.3) is 21.9 Å². The van der Waals surface area contributed by atoms with Gasteiger partial charge in [0, 0.05) is 17.0 Å². The smallest absolute Gasteiger partial charge is 0.144 e. The van der Waals surface area contributed by atoms with E-state index in [9.17, 15) is 4.21 Å². The Kier molecular flexibility index (Phi) is 3.41. The molecular formula is C17H17NO2S. The van der Waals surface area contributed by atoms with Gasteiger partial charge in [-0.25, -0.2) is 4.21 Å². The first-order valence-electron chi connectivity index (χ1n) is 6.82. The molecule has 0 saturated carbocycles. The molecule has 1 atom stereocenters. The monoisotopic (exact) mass is 299 g/mol. The molecule has 1 unspecified atom stereocenters. The van der Waals surface area contributed by atoms with E-state index in [0.717, 1.165) is 27.5 Å². The van der Waals surface area contributed by atoms with Gasteiger partial charge in [0.25, 0.3) is 0 Å². The number of benzene rings is 2. The normalized spacial score (nSPS) is 14.2. The molecule has 0 amide bonds. The predicted molar refractivity (Wildman–Crippen MR) is 89.2 cm³/mol. The Morgan fingerprint density at radius 1 is 1.05 bits per heavy atom. The number of furan rings is 1. The first-order chi connectivity index (χ1) is 9.95. The highest BCUT2D eigenvalue weighted by atomic mass is 32.2. The summed E-state index contributed by atoms with van der Waals surface area (Å²) in [6.45, 7) is 5.73. The molecule has 3 aromatic rings. The second-order valence-electron chi connectivity index (χ2n) is 5.95. The van der Waals surface area contributed by atoms with Crippen molar-refractivity contribution in [3.63, 3.8) is 0 Å². The Labute approximate surface area is 126 Å². The lowest BCUT2D eigenvalue weighted by atomic mass is 10.1. The zero-order valence-corrected chi connectivity index (χ0v) is 13.1. The van der Waals surface area contributed by atoms with Crippen molar-refractivity contribution in [1.82, 2.24) is 0 Å². The molecule has 2 aromatic carbocycles. The van der Waals surface area contributed by atoms with Crippen molar-refractivity contribution in [3.8, 4) is 0 Å². The number of hydrogen-bond donors (Lipinski definition) is 0. The fourth-order valence-corrected chi connectivity index (χ4v) is 2.62. The summed E-state index contributed by atoms with van der Waals surface area (Å²) in [5.74, 6) is 0. The minimum absolute atomic E-state index is 0.344. The summed E-state index contributed by atoms with van der Waals surface area (Å²) in [4.78, 5) is 0. The summed E-state index contributed by atoms with van der Waals surface area (Å²) in [6, 6.07) is 13.8. The van der Waals surface area contributed by atoms with Crippen LogP contribution in [0.3, 0.4) is 0 Å². The summed E-state index contributed by atoms with van der Waals surface area (Å²) in [5, 5.41) is 2.13. The number of nitrogens with zero attached hydrogens (tertiary/aromatic N) is 1. The molecule has 0 bridgehead atoms. The first-order valence-corrected chi connectivity index (χ1v) is 7.93. The van der Waals surface area contributed by atoms with Crippen LogP contribution in [0, 0.1) is 0 Å². The lowest BCUT2D eigenvalue weighted by Crippen LogP contribution is -2.19. The van der Waals surface area contributed by atoms with Crippen LogP contribution in [-0.2, 0) is 11.0 Å². The SMILES string of the molecule is CC(C)(C)S(=O)N=Cc1ccc2oc3ccccc3c2c1. The van der Waals surface area contributed by atoms with E-state index in [1.807, 2.05) is 63.2 Å². The van der Waals surface area contributed by atoms with E-state index >= 15 is 0 Å². The van der Waals surface area contributed by atoms with E-state index < -0.39 is 11.0 Å². The molecule has 3 nitrogen and oxygen atoms in total. The second kappa shape index (κ2) is 5.11. The zero-order chi connectivity index (χ0) is 15.0. The van der Waals surface area contributed by atoms with Gasteiger partial charge in [-0.15, -0.1) is 0 Å². The molecule has 3 rings (SSSR count). The Morgan fingerprint density at radius 3 is 2.52 bits per heavy atom. The van der Waals surface area contributed by atoms with Crippen LogP contribution in [0.4, 0.5) is 0 Å². The second-order valence-corrected chi connectivity index (χ2v) is 7.88. The van der Waals surface area contributed by atoms with Crippen LogP contribution in [0.2, 0.25) is 0 Å². The van der Waals surface area contributed by atoms with Gasteiger partial charge in [-0.2, -0.15) is 4.40 Å². The van der Waals surface area contributed by atoms with Crippen molar-refractivity contribution in [2.24, 2.45) is 4.40 Å². The minimum atomic E-state index is -1.24. The number of rotatable bonds is 2. The van der Waals surface area contributed by atoms with Gasteiger partial charge in [-0.3, -0.25) is 0 Å². The van der Waals surface area contributed by atoms with Crippen LogP contribution in [0.1, 0.15) is 26.3 Å². The molecule has 0 saturated heterocycles. The predicted octanol–water partition coefficient (Wildman–Crippen LogP) is 4.47. The molecule has 0 aliphatic heterocycles. The van der Waals surface area contributed by atoms with Gasteiger partial charge in [0.05, 0.1) is 4.75 Å². The molecule has 1 aromatic heterocycles. The third-order valence-corrected chi connectivity index (χ3v) is 4.57. The van der Waals surface area contributed by atoms with Gasteiger partial charge < -0.3 is 4.42 Å². The Bertz CT molecular complexity index is 856. The maximum Gasteiger partial charge on any atom is 0.144 e. The van der Waals surface area contributed by atoms with Crippen molar-refractivity contribution < 1.29 is 8.63 Å². The average Bonchev–Trinajstić information content (AvgIpc) is 2.81. The third kappa shape index (κ3) is 2.76. The molecular weight excluding hydrogens is 282 g/mol. The van der Waals surface area contributed by atoms with Gasteiger partial charge in [-0.05, 0) is 50.6 Å². The molecule has 4 heteroatoms. The van der Waals surface area contributed by atoms with Crippen molar-refractivity contribution in [1.29, 1.82) is 0 Å². The van der Waals surface area contributed by atoms with Crippen molar-refractivity contribution in [2.45, 2.75) is 25.5 Å². The fourth-order valence-electron chi connectivity index (χ4n) is 2.09. The maximum atomic E-state index is 12.0. The highest BCUT2D eigenvalue weighted by Gasteiger charge is 2.18. The van der Waals surface area contributed by atoms with Crippen LogP contribution >= 0.6 is 0 Å². The van der Waals surface area contributed by atoms with E-state index in [1.54, 1.807) is 6.21 Å². The maximum absolute atomic E-state index is 12.0. The van der Waals surface area contributed by atoms with Crippen LogP contribution < -0.4 is 0 Å². The summed E-state index contributed by atoms with van der Waals surface area (Å²) in [5.41, 5.74) is 2.65. The molecule has 21 heavy (non-hydrogen) atoms. The molecule has 0 radical (unpaired) electrons. The lowest BCUT2D eigenvalue weighted by molar-refractivity contribution is 0.651. The minimum Gasteiger partial charge on any atom is -0.456 e. The first kappa shape index (κ1) is 14.0. The molecule has 0 aliphatic carbocycles. The van der Waals surface area contributed by atoms with Crippen molar-refractivity contribution in [3.05, 3.63) is 48.0 Å². The molecule has 0 fully saturated rings. The summed E-state index contributed by atoms with van der Waals surface area (Å²) >= 11 is 0. The van der Waals surface area contributed by atoms with Gasteiger partial charge in [0.2, 0.25) is 0 Å². The van der Waals surface area contributed by atoms with Gasteiger partial charge in [-0.1, -0.05) is 18.2 Å². The van der Waals surface area contributed by atoms with Crippen LogP contribution in [0.5, 0.6) is 0 Å². The quantitative estimate of drug-likeness (QED) is 0.655. The van der Waals surface area contributed by atoms with Gasteiger partial charge >= 0.3 is 0 Å². The Balaban J connectivity index is 2.03. The Morgan fingerprint density at radius 2 is 1.76 bits per heavy atom. The zero-order valence-electron chi connectivity index (χ0n) is 12.3. The van der Waals surface area contributed by atoms with E-state index in [0.29, 0.717) is 0 Å². The summed E-state index contributed by atoms with van der Waals surface area (Å²) < 4.78 is 21.6. The van der Waals surface area contributed by atoms with E-state index in [2.05, 4.69) is 4.40 Å². The van der Waals surface area contributed by atoms with Crippen molar-refractivity contribution in [2.75, 3.05) is 0 Å². The third-order valence-electron chi connectivity index (χ3n) is 3.22. The van der Waals surface area contributed by atoms with Gasteiger partial charge in [0.15, 0.2) is 0 Å². The highest BCUT2D eigenvalue weighted by molar-refractivity contribution is 7.85. The number of hydrogen-bond acceptors (Lipinski definition) is 2. The molecule has 0 N–H and O–H groups in total. The molecule has 0 aliphatic rings. The topological polar surface area (TPSA) is 42.6 Å². The summed E-state index contributed by atoms with van der Waals surface area (Å²) in [6.07, 6.45) is 1.67. The number of fused-ring (bicyclic) bond motifs is 3. The van der Waals surface area contributed by atoms with Crippen molar-refractivity contribution >= 4 is 39.1 Å². The van der Waals surface area contributed by atoms with Crippen LogP contribution in [-0.4, -0.2) is 15.2 Å². The van der Waals surface area contributed by atoms with E-state index in [4.69, 9.17) is 4.42 Å². The largest absolute Gasteiger partial charge is 0.456 e. The fraction of sp³-hybridized carbons (Fsp3) is 0.235. The molecule has 108 valence electrons. The molecule has 1 heterocycles. The van der Waals surface area contributed by atoms with E-state index in [1.165, 1.54) is 0 Å². The van der Waals surface area contributed by atoms with E-state index in [-0.39, 0.29) is 4.75 Å². The highest BCUT2D eigenvalue weighted by Crippen LogP contribution is 2.28. The van der Waals surface area contributed by atoms with Crippen LogP contribution in [0.15, 0.2) is 51.3 Å². The lowest BCUT2D eigenvalue weighted by Gasteiger charge is -2.12.